The van der Waals surface area contributed by atoms with Crippen LogP contribution in [0.1, 0.15) is 26.2 Å². The van der Waals surface area contributed by atoms with E-state index in [9.17, 15) is 0 Å². The molecule has 2 heterocycles. The van der Waals surface area contributed by atoms with E-state index in [0.29, 0.717) is 5.41 Å². The zero-order valence-corrected chi connectivity index (χ0v) is 7.32. The first-order valence-corrected chi connectivity index (χ1v) is 4.75. The van der Waals surface area contributed by atoms with Gasteiger partial charge in [0.1, 0.15) is 0 Å². The van der Waals surface area contributed by atoms with Gasteiger partial charge in [-0.05, 0) is 44.7 Å². The maximum atomic E-state index is 3.55. The van der Waals surface area contributed by atoms with E-state index in [1.165, 1.54) is 38.9 Å². The first-order chi connectivity index (χ1) is 5.31. The molecule has 0 saturated carbocycles. The predicted molar refractivity (Wildman–Crippen MR) is 46.6 cm³/mol. The number of hydrogen-bond acceptors (Lipinski definition) is 2. The summed E-state index contributed by atoms with van der Waals surface area (Å²) in [7, 11) is 0. The first kappa shape index (κ1) is 7.56. The number of hydrogen-bond donors (Lipinski definition) is 2. The molecule has 1 spiro atoms. The van der Waals surface area contributed by atoms with Gasteiger partial charge in [-0.25, -0.2) is 0 Å². The Morgan fingerprint density at radius 1 is 1.27 bits per heavy atom. The van der Waals surface area contributed by atoms with Crippen molar-refractivity contribution in [3.8, 4) is 0 Å². The topological polar surface area (TPSA) is 24.1 Å². The molecule has 2 fully saturated rings. The van der Waals surface area contributed by atoms with Gasteiger partial charge >= 0.3 is 0 Å². The largest absolute Gasteiger partial charge is 0.317 e. The molecule has 2 nitrogen and oxygen atoms in total. The van der Waals surface area contributed by atoms with Gasteiger partial charge in [0, 0.05) is 12.6 Å². The van der Waals surface area contributed by atoms with E-state index in [0.717, 1.165) is 6.04 Å². The van der Waals surface area contributed by atoms with E-state index in [1.807, 2.05) is 0 Å². The quantitative estimate of drug-likeness (QED) is 0.538. The average Bonchev–Trinajstić information content (AvgIpc) is 2.34. The SMILES string of the molecule is CC1CC2(CCNCC2)CN1. The van der Waals surface area contributed by atoms with Crippen LogP contribution in [0.25, 0.3) is 0 Å². The van der Waals surface area contributed by atoms with E-state index in [1.54, 1.807) is 0 Å². The molecule has 2 heteroatoms. The Balaban J connectivity index is 1.98. The van der Waals surface area contributed by atoms with E-state index >= 15 is 0 Å². The Morgan fingerprint density at radius 2 is 2.00 bits per heavy atom. The minimum absolute atomic E-state index is 0.671. The average molecular weight is 154 g/mol. The predicted octanol–water partition coefficient (Wildman–Crippen LogP) is 0.738. The van der Waals surface area contributed by atoms with Crippen molar-refractivity contribution in [3.05, 3.63) is 0 Å². The molecular formula is C9H18N2. The molecule has 0 aromatic carbocycles. The molecule has 0 bridgehead atoms. The molecule has 11 heavy (non-hydrogen) atoms. The van der Waals surface area contributed by atoms with Gasteiger partial charge in [-0.3, -0.25) is 0 Å². The Bertz CT molecular complexity index is 133. The zero-order chi connectivity index (χ0) is 7.73. The lowest BCUT2D eigenvalue weighted by molar-refractivity contribution is 0.225. The van der Waals surface area contributed by atoms with Crippen molar-refractivity contribution < 1.29 is 0 Å². The normalized spacial score (nSPS) is 36.3. The lowest BCUT2D eigenvalue weighted by Gasteiger charge is -2.33. The van der Waals surface area contributed by atoms with Crippen molar-refractivity contribution in [3.63, 3.8) is 0 Å². The van der Waals surface area contributed by atoms with Crippen LogP contribution in [0.15, 0.2) is 0 Å². The van der Waals surface area contributed by atoms with Crippen LogP contribution in [0.2, 0.25) is 0 Å². The fourth-order valence-electron chi connectivity index (χ4n) is 2.52. The highest BCUT2D eigenvalue weighted by molar-refractivity contribution is 4.94. The van der Waals surface area contributed by atoms with Crippen molar-refractivity contribution in [2.24, 2.45) is 5.41 Å². The summed E-state index contributed by atoms with van der Waals surface area (Å²) in [5, 5.41) is 6.98. The summed E-state index contributed by atoms with van der Waals surface area (Å²) < 4.78 is 0. The number of rotatable bonds is 0. The van der Waals surface area contributed by atoms with Gasteiger partial charge in [0.2, 0.25) is 0 Å². The van der Waals surface area contributed by atoms with Crippen LogP contribution in [0, 0.1) is 5.41 Å². The molecule has 2 rings (SSSR count). The number of piperidine rings is 1. The van der Waals surface area contributed by atoms with Crippen LogP contribution in [-0.2, 0) is 0 Å². The molecule has 0 aliphatic carbocycles. The first-order valence-electron chi connectivity index (χ1n) is 4.75. The molecule has 2 N–H and O–H groups in total. The van der Waals surface area contributed by atoms with Gasteiger partial charge in [0.25, 0.3) is 0 Å². The van der Waals surface area contributed by atoms with Crippen molar-refractivity contribution >= 4 is 0 Å². The maximum Gasteiger partial charge on any atom is 0.00447 e. The standard InChI is InChI=1S/C9H18N2/c1-8-6-9(7-11-8)2-4-10-5-3-9/h8,10-11H,2-7H2,1H3. The Kier molecular flexibility index (Phi) is 1.90. The van der Waals surface area contributed by atoms with Gasteiger partial charge < -0.3 is 10.6 Å². The Hall–Kier alpha value is -0.0800. The van der Waals surface area contributed by atoms with Crippen molar-refractivity contribution in [2.75, 3.05) is 19.6 Å². The maximum absolute atomic E-state index is 3.55. The van der Waals surface area contributed by atoms with E-state index in [4.69, 9.17) is 0 Å². The number of nitrogens with one attached hydrogen (secondary N) is 2. The fraction of sp³-hybridized carbons (Fsp3) is 1.00. The highest BCUT2D eigenvalue weighted by Gasteiger charge is 2.37. The third-order valence-electron chi connectivity index (χ3n) is 3.23. The minimum atomic E-state index is 0.671. The van der Waals surface area contributed by atoms with Gasteiger partial charge in [0.05, 0.1) is 0 Å². The molecule has 64 valence electrons. The fourth-order valence-corrected chi connectivity index (χ4v) is 2.52. The minimum Gasteiger partial charge on any atom is -0.317 e. The van der Waals surface area contributed by atoms with Crippen LogP contribution >= 0.6 is 0 Å². The lowest BCUT2D eigenvalue weighted by Crippen LogP contribution is -2.37. The molecule has 0 aromatic heterocycles. The summed E-state index contributed by atoms with van der Waals surface area (Å²) in [5.74, 6) is 0. The van der Waals surface area contributed by atoms with Gasteiger partial charge in [0.15, 0.2) is 0 Å². The zero-order valence-electron chi connectivity index (χ0n) is 7.32. The molecular weight excluding hydrogens is 136 g/mol. The second-order valence-corrected chi connectivity index (χ2v) is 4.24. The van der Waals surface area contributed by atoms with Crippen LogP contribution in [0.4, 0.5) is 0 Å². The molecule has 0 aromatic rings. The molecule has 2 aliphatic heterocycles. The highest BCUT2D eigenvalue weighted by atomic mass is 15.0. The van der Waals surface area contributed by atoms with Gasteiger partial charge in [-0.2, -0.15) is 0 Å². The van der Waals surface area contributed by atoms with E-state index in [-0.39, 0.29) is 0 Å². The van der Waals surface area contributed by atoms with Gasteiger partial charge in [-0.1, -0.05) is 0 Å². The third-order valence-corrected chi connectivity index (χ3v) is 3.23. The second kappa shape index (κ2) is 2.76. The molecule has 1 unspecified atom stereocenters. The van der Waals surface area contributed by atoms with Crippen LogP contribution in [-0.4, -0.2) is 25.7 Å². The highest BCUT2D eigenvalue weighted by Crippen LogP contribution is 2.36. The summed E-state index contributed by atoms with van der Waals surface area (Å²) in [4.78, 5) is 0. The Labute approximate surface area is 68.7 Å². The molecule has 0 radical (unpaired) electrons. The van der Waals surface area contributed by atoms with Crippen LogP contribution < -0.4 is 10.6 Å². The van der Waals surface area contributed by atoms with Crippen molar-refractivity contribution in [1.82, 2.24) is 10.6 Å². The van der Waals surface area contributed by atoms with Crippen LogP contribution in [0.5, 0.6) is 0 Å². The summed E-state index contributed by atoms with van der Waals surface area (Å²) >= 11 is 0. The Morgan fingerprint density at radius 3 is 2.55 bits per heavy atom. The molecule has 2 aliphatic rings. The summed E-state index contributed by atoms with van der Waals surface area (Å²) in [6, 6.07) is 0.757. The van der Waals surface area contributed by atoms with Crippen molar-refractivity contribution in [2.45, 2.75) is 32.2 Å². The lowest BCUT2D eigenvalue weighted by atomic mass is 9.77. The smallest absolute Gasteiger partial charge is 0.00447 e. The molecule has 1 atom stereocenters. The van der Waals surface area contributed by atoms with Crippen LogP contribution in [0.3, 0.4) is 0 Å². The summed E-state index contributed by atoms with van der Waals surface area (Å²) in [6.45, 7) is 6.02. The summed E-state index contributed by atoms with van der Waals surface area (Å²) in [5.41, 5.74) is 0.671. The second-order valence-electron chi connectivity index (χ2n) is 4.24. The summed E-state index contributed by atoms with van der Waals surface area (Å²) in [6.07, 6.45) is 4.16. The molecule has 2 saturated heterocycles. The third kappa shape index (κ3) is 1.42. The van der Waals surface area contributed by atoms with E-state index < -0.39 is 0 Å². The molecule has 0 amide bonds. The van der Waals surface area contributed by atoms with E-state index in [2.05, 4.69) is 17.6 Å². The monoisotopic (exact) mass is 154 g/mol. The van der Waals surface area contributed by atoms with Crippen molar-refractivity contribution in [1.29, 1.82) is 0 Å². The van der Waals surface area contributed by atoms with Gasteiger partial charge in [-0.15, -0.1) is 0 Å².